The summed E-state index contributed by atoms with van der Waals surface area (Å²) in [6.45, 7) is 0.335. The maximum Gasteiger partial charge on any atom is 0.251 e. The number of phenolic OH excluding ortho intramolecular Hbond substituents is 1. The number of carbonyl (C=O) groups is 4. The SMILES string of the molecule is NC(=O)C(Cc1ccc2ccccc2c1)NC(=O)[C@H](O)[C@H](Cc1ccccc1)NC(=O)[C@@H]1CCCN1C(=O)[C@@H](N)Cc1ccc(O)cc1. The molecule has 4 aromatic rings. The number of nitrogens with zero attached hydrogens (tertiary/aromatic N) is 1. The molecule has 1 heterocycles. The van der Waals surface area contributed by atoms with E-state index in [1.807, 2.05) is 60.7 Å². The number of aliphatic hydroxyl groups excluding tert-OH is 1. The van der Waals surface area contributed by atoms with Gasteiger partial charge in [-0.2, -0.15) is 0 Å². The van der Waals surface area contributed by atoms with Crippen LogP contribution >= 0.6 is 0 Å². The highest BCUT2D eigenvalue weighted by Gasteiger charge is 2.39. The number of hydrogen-bond acceptors (Lipinski definition) is 7. The molecule has 11 nitrogen and oxygen atoms in total. The Balaban J connectivity index is 1.28. The zero-order valence-electron chi connectivity index (χ0n) is 26.5. The minimum atomic E-state index is -1.74. The number of aromatic hydroxyl groups is 1. The molecule has 250 valence electrons. The lowest BCUT2D eigenvalue weighted by atomic mass is 9.98. The van der Waals surface area contributed by atoms with E-state index in [9.17, 15) is 29.4 Å². The van der Waals surface area contributed by atoms with Crippen molar-refractivity contribution in [2.45, 2.75) is 62.4 Å². The summed E-state index contributed by atoms with van der Waals surface area (Å²) >= 11 is 0. The molecule has 11 heteroatoms. The number of fused-ring (bicyclic) bond motifs is 1. The van der Waals surface area contributed by atoms with Crippen molar-refractivity contribution in [2.75, 3.05) is 6.54 Å². The van der Waals surface area contributed by atoms with Crippen LogP contribution in [0.25, 0.3) is 10.8 Å². The number of primary amides is 1. The van der Waals surface area contributed by atoms with Crippen molar-refractivity contribution >= 4 is 34.4 Å². The summed E-state index contributed by atoms with van der Waals surface area (Å²) in [5.41, 5.74) is 14.2. The highest BCUT2D eigenvalue weighted by Crippen LogP contribution is 2.21. The predicted octanol–water partition coefficient (Wildman–Crippen LogP) is 1.71. The second-order valence-electron chi connectivity index (χ2n) is 12.3. The van der Waals surface area contributed by atoms with Gasteiger partial charge in [0.25, 0.3) is 5.91 Å². The van der Waals surface area contributed by atoms with E-state index in [0.29, 0.717) is 19.4 Å². The second-order valence-corrected chi connectivity index (χ2v) is 12.3. The van der Waals surface area contributed by atoms with Crippen molar-refractivity contribution in [3.8, 4) is 5.75 Å². The Hall–Kier alpha value is -5.26. The molecule has 0 bridgehead atoms. The fourth-order valence-corrected chi connectivity index (χ4v) is 6.14. The van der Waals surface area contributed by atoms with Crippen LogP contribution in [0, 0.1) is 0 Å². The van der Waals surface area contributed by atoms with Crippen molar-refractivity contribution in [1.82, 2.24) is 15.5 Å². The lowest BCUT2D eigenvalue weighted by Crippen LogP contribution is -2.58. The van der Waals surface area contributed by atoms with Crippen molar-refractivity contribution < 1.29 is 29.4 Å². The third kappa shape index (κ3) is 8.55. The van der Waals surface area contributed by atoms with Crippen LogP contribution in [-0.4, -0.2) is 75.6 Å². The Labute approximate surface area is 278 Å². The largest absolute Gasteiger partial charge is 0.508 e. The minimum Gasteiger partial charge on any atom is -0.508 e. The molecular formula is C37H41N5O6. The first kappa shape index (κ1) is 34.1. The third-order valence-corrected chi connectivity index (χ3v) is 8.74. The molecule has 8 N–H and O–H groups in total. The lowest BCUT2D eigenvalue weighted by molar-refractivity contribution is -0.141. The molecule has 0 aromatic heterocycles. The summed E-state index contributed by atoms with van der Waals surface area (Å²) in [7, 11) is 0. The molecule has 1 aliphatic heterocycles. The molecule has 48 heavy (non-hydrogen) atoms. The van der Waals surface area contributed by atoms with Gasteiger partial charge in [-0.15, -0.1) is 0 Å². The molecule has 0 aliphatic carbocycles. The summed E-state index contributed by atoms with van der Waals surface area (Å²) < 4.78 is 0. The van der Waals surface area contributed by atoms with E-state index < -0.39 is 53.9 Å². The molecule has 1 unspecified atom stereocenters. The number of amides is 4. The van der Waals surface area contributed by atoms with Crippen LogP contribution in [0.3, 0.4) is 0 Å². The molecule has 0 radical (unpaired) electrons. The fourth-order valence-electron chi connectivity index (χ4n) is 6.14. The average Bonchev–Trinajstić information content (AvgIpc) is 3.58. The van der Waals surface area contributed by atoms with E-state index in [2.05, 4.69) is 10.6 Å². The van der Waals surface area contributed by atoms with Crippen LogP contribution in [0.5, 0.6) is 5.75 Å². The summed E-state index contributed by atoms with van der Waals surface area (Å²) in [4.78, 5) is 54.4. The van der Waals surface area contributed by atoms with Gasteiger partial charge in [0.1, 0.15) is 17.8 Å². The predicted molar refractivity (Wildman–Crippen MR) is 181 cm³/mol. The van der Waals surface area contributed by atoms with E-state index in [1.54, 1.807) is 24.3 Å². The van der Waals surface area contributed by atoms with E-state index >= 15 is 0 Å². The Morgan fingerprint density at radius 1 is 0.792 bits per heavy atom. The fraction of sp³-hybridized carbons (Fsp3) is 0.297. The van der Waals surface area contributed by atoms with Crippen molar-refractivity contribution in [1.29, 1.82) is 0 Å². The Morgan fingerprint density at radius 2 is 1.44 bits per heavy atom. The number of aliphatic hydroxyl groups is 1. The van der Waals surface area contributed by atoms with E-state index in [0.717, 1.165) is 27.5 Å². The van der Waals surface area contributed by atoms with E-state index in [-0.39, 0.29) is 25.0 Å². The number of benzene rings is 4. The van der Waals surface area contributed by atoms with Gasteiger partial charge in [0.2, 0.25) is 17.7 Å². The number of hydrogen-bond donors (Lipinski definition) is 6. The number of nitrogens with one attached hydrogen (secondary N) is 2. The van der Waals surface area contributed by atoms with Gasteiger partial charge in [0.15, 0.2) is 6.10 Å². The molecule has 4 aromatic carbocycles. The molecule has 0 spiro atoms. The maximum absolute atomic E-state index is 13.7. The first-order valence-electron chi connectivity index (χ1n) is 16.0. The smallest absolute Gasteiger partial charge is 0.251 e. The highest BCUT2D eigenvalue weighted by molar-refractivity contribution is 5.92. The average molecular weight is 652 g/mol. The third-order valence-electron chi connectivity index (χ3n) is 8.74. The van der Waals surface area contributed by atoms with Gasteiger partial charge < -0.3 is 37.2 Å². The summed E-state index contributed by atoms with van der Waals surface area (Å²) in [5, 5.41) is 28.3. The quantitative estimate of drug-likeness (QED) is 0.127. The van der Waals surface area contributed by atoms with E-state index in [1.165, 1.54) is 17.0 Å². The van der Waals surface area contributed by atoms with Crippen molar-refractivity contribution in [3.63, 3.8) is 0 Å². The summed E-state index contributed by atoms with van der Waals surface area (Å²) in [6.07, 6.45) is -0.336. The Morgan fingerprint density at radius 3 is 2.15 bits per heavy atom. The molecule has 1 aliphatic rings. The topological polar surface area (TPSA) is 188 Å². The van der Waals surface area contributed by atoms with Gasteiger partial charge in [-0.1, -0.05) is 84.9 Å². The van der Waals surface area contributed by atoms with Gasteiger partial charge in [-0.25, -0.2) is 0 Å². The number of carbonyl (C=O) groups excluding carboxylic acids is 4. The second kappa shape index (κ2) is 15.6. The van der Waals surface area contributed by atoms with Crippen LogP contribution < -0.4 is 22.1 Å². The van der Waals surface area contributed by atoms with Crippen LogP contribution in [0.15, 0.2) is 97.1 Å². The van der Waals surface area contributed by atoms with Gasteiger partial charge in [0.05, 0.1) is 12.1 Å². The molecule has 1 fully saturated rings. The van der Waals surface area contributed by atoms with E-state index in [4.69, 9.17) is 11.5 Å². The number of phenols is 1. The monoisotopic (exact) mass is 651 g/mol. The molecule has 5 rings (SSSR count). The van der Waals surface area contributed by atoms with Gasteiger partial charge in [0, 0.05) is 13.0 Å². The maximum atomic E-state index is 13.7. The number of likely N-dealkylation sites (tertiary alicyclic amines) is 1. The lowest BCUT2D eigenvalue weighted by Gasteiger charge is -2.30. The number of rotatable bonds is 13. The Kier molecular flexibility index (Phi) is 11.0. The minimum absolute atomic E-state index is 0.103. The summed E-state index contributed by atoms with van der Waals surface area (Å²) in [5.74, 6) is -2.44. The van der Waals surface area contributed by atoms with Gasteiger partial charge in [-0.3, -0.25) is 19.2 Å². The van der Waals surface area contributed by atoms with Crippen LogP contribution in [-0.2, 0) is 38.4 Å². The summed E-state index contributed by atoms with van der Waals surface area (Å²) in [6, 6.07) is 24.9. The van der Waals surface area contributed by atoms with Gasteiger partial charge >= 0.3 is 0 Å². The molecule has 4 amide bonds. The highest BCUT2D eigenvalue weighted by atomic mass is 16.3. The molecule has 0 saturated carbocycles. The van der Waals surface area contributed by atoms with Crippen LogP contribution in [0.4, 0.5) is 0 Å². The molecule has 5 atom stereocenters. The van der Waals surface area contributed by atoms with Crippen LogP contribution in [0.1, 0.15) is 29.5 Å². The van der Waals surface area contributed by atoms with Crippen molar-refractivity contribution in [3.05, 3.63) is 114 Å². The molecular weight excluding hydrogens is 610 g/mol. The van der Waals surface area contributed by atoms with Crippen molar-refractivity contribution in [2.24, 2.45) is 11.5 Å². The van der Waals surface area contributed by atoms with Crippen LogP contribution in [0.2, 0.25) is 0 Å². The van der Waals surface area contributed by atoms with Gasteiger partial charge in [-0.05, 0) is 65.3 Å². The number of nitrogens with two attached hydrogens (primary N) is 2. The zero-order chi connectivity index (χ0) is 34.2. The zero-order valence-corrected chi connectivity index (χ0v) is 26.5. The first-order valence-corrected chi connectivity index (χ1v) is 16.0. The standard InChI is InChI=1S/C37H41N5O6/c38-29(20-24-13-16-28(43)17-14-24)37(48)42-18-6-11-32(42)35(46)40-30(21-23-7-2-1-3-8-23)33(44)36(47)41-31(34(39)45)22-25-12-15-26-9-4-5-10-27(26)19-25/h1-5,7-10,12-17,19,29-33,43-44H,6,11,18,20-22,38H2,(H2,39,45)(H,40,46)(H,41,47)/t29-,30-,31?,32-,33+/m0/s1. The molecule has 1 saturated heterocycles. The normalized spacial score (nSPS) is 16.9. The first-order chi connectivity index (χ1) is 23.1. The Bertz CT molecular complexity index is 1750.